The molecule has 2 aliphatic rings. The van der Waals surface area contributed by atoms with Crippen molar-refractivity contribution in [2.24, 2.45) is 5.92 Å². The summed E-state index contributed by atoms with van der Waals surface area (Å²) in [6.07, 6.45) is 0.944. The van der Waals surface area contributed by atoms with Crippen molar-refractivity contribution in [1.29, 1.82) is 0 Å². The number of amides is 1. The van der Waals surface area contributed by atoms with Crippen molar-refractivity contribution in [3.05, 3.63) is 35.9 Å². The van der Waals surface area contributed by atoms with Gasteiger partial charge >= 0.3 is 0 Å². The predicted molar refractivity (Wildman–Crippen MR) is 85.6 cm³/mol. The monoisotopic (exact) mass is 303 g/mol. The summed E-state index contributed by atoms with van der Waals surface area (Å²) in [5, 5.41) is 6.41. The SMILES string of the molecule is O=C(NCC(c1ccccc1)N1CCOCC1)C1CCNC1. The Bertz CT molecular complexity index is 468. The maximum Gasteiger partial charge on any atom is 0.224 e. The van der Waals surface area contributed by atoms with Gasteiger partial charge in [-0.3, -0.25) is 9.69 Å². The number of carbonyl (C=O) groups excluding carboxylic acids is 1. The van der Waals surface area contributed by atoms with Crippen LogP contribution < -0.4 is 10.6 Å². The highest BCUT2D eigenvalue weighted by Crippen LogP contribution is 2.21. The smallest absolute Gasteiger partial charge is 0.224 e. The van der Waals surface area contributed by atoms with E-state index in [1.54, 1.807) is 0 Å². The largest absolute Gasteiger partial charge is 0.379 e. The van der Waals surface area contributed by atoms with Gasteiger partial charge in [0, 0.05) is 26.2 Å². The minimum atomic E-state index is 0.126. The molecule has 2 aliphatic heterocycles. The Morgan fingerprint density at radius 2 is 2.09 bits per heavy atom. The highest BCUT2D eigenvalue weighted by atomic mass is 16.5. The molecule has 2 heterocycles. The molecule has 2 saturated heterocycles. The van der Waals surface area contributed by atoms with Gasteiger partial charge < -0.3 is 15.4 Å². The predicted octanol–water partition coefficient (Wildman–Crippen LogP) is 0.786. The average molecular weight is 303 g/mol. The van der Waals surface area contributed by atoms with Crippen molar-refractivity contribution in [3.63, 3.8) is 0 Å². The van der Waals surface area contributed by atoms with E-state index in [1.165, 1.54) is 5.56 Å². The first kappa shape index (κ1) is 15.5. The van der Waals surface area contributed by atoms with Crippen LogP contribution in [0.3, 0.4) is 0 Å². The second-order valence-electron chi connectivity index (χ2n) is 6.01. The summed E-state index contributed by atoms with van der Waals surface area (Å²) in [7, 11) is 0. The molecule has 2 atom stereocenters. The van der Waals surface area contributed by atoms with Crippen molar-refractivity contribution in [2.75, 3.05) is 45.9 Å². The Labute approximate surface area is 132 Å². The second kappa shape index (κ2) is 7.72. The molecule has 0 radical (unpaired) electrons. The van der Waals surface area contributed by atoms with Gasteiger partial charge in [-0.2, -0.15) is 0 Å². The lowest BCUT2D eigenvalue weighted by Gasteiger charge is -2.35. The van der Waals surface area contributed by atoms with Gasteiger partial charge in [-0.25, -0.2) is 0 Å². The summed E-state index contributed by atoms with van der Waals surface area (Å²) in [6.45, 7) is 5.79. The molecular weight excluding hydrogens is 278 g/mol. The highest BCUT2D eigenvalue weighted by molar-refractivity contribution is 5.79. The molecule has 1 aromatic carbocycles. The van der Waals surface area contributed by atoms with Gasteiger partial charge in [0.05, 0.1) is 25.2 Å². The average Bonchev–Trinajstić information content (AvgIpc) is 3.11. The van der Waals surface area contributed by atoms with Gasteiger partial charge in [0.25, 0.3) is 0 Å². The zero-order valence-corrected chi connectivity index (χ0v) is 13.0. The van der Waals surface area contributed by atoms with E-state index in [4.69, 9.17) is 4.74 Å². The van der Waals surface area contributed by atoms with Crippen LogP contribution in [0.25, 0.3) is 0 Å². The van der Waals surface area contributed by atoms with Crippen LogP contribution in [0, 0.1) is 5.92 Å². The van der Waals surface area contributed by atoms with Gasteiger partial charge in [0.1, 0.15) is 0 Å². The molecule has 5 nitrogen and oxygen atoms in total. The maximum atomic E-state index is 12.3. The van der Waals surface area contributed by atoms with Crippen LogP contribution in [0.15, 0.2) is 30.3 Å². The standard InChI is InChI=1S/C17H25N3O2/c21-17(15-6-7-18-12-15)19-13-16(14-4-2-1-3-5-14)20-8-10-22-11-9-20/h1-5,15-16,18H,6-13H2,(H,19,21). The van der Waals surface area contributed by atoms with Crippen LogP contribution >= 0.6 is 0 Å². The molecule has 0 aliphatic carbocycles. The molecule has 2 unspecified atom stereocenters. The van der Waals surface area contributed by atoms with Crippen molar-refractivity contribution in [3.8, 4) is 0 Å². The van der Waals surface area contributed by atoms with Crippen molar-refractivity contribution >= 4 is 5.91 Å². The number of rotatable bonds is 5. The summed E-state index contributed by atoms with van der Waals surface area (Å²) in [6, 6.07) is 10.7. The number of morpholine rings is 1. The fourth-order valence-electron chi connectivity index (χ4n) is 3.24. The number of benzene rings is 1. The lowest BCUT2D eigenvalue weighted by atomic mass is 10.0. The van der Waals surface area contributed by atoms with Gasteiger partial charge in [0.2, 0.25) is 5.91 Å². The summed E-state index contributed by atoms with van der Waals surface area (Å²) in [4.78, 5) is 14.7. The summed E-state index contributed by atoms with van der Waals surface area (Å²) in [5.41, 5.74) is 1.26. The first-order chi connectivity index (χ1) is 10.8. The van der Waals surface area contributed by atoms with Crippen LogP contribution in [0.2, 0.25) is 0 Å². The topological polar surface area (TPSA) is 53.6 Å². The molecular formula is C17H25N3O2. The third-order valence-electron chi connectivity index (χ3n) is 4.57. The molecule has 3 rings (SSSR count). The third kappa shape index (κ3) is 3.85. The molecule has 1 aromatic rings. The molecule has 120 valence electrons. The number of hydrogen-bond donors (Lipinski definition) is 2. The van der Waals surface area contributed by atoms with E-state index in [0.717, 1.165) is 45.8 Å². The molecule has 0 spiro atoms. The second-order valence-corrected chi connectivity index (χ2v) is 6.01. The molecule has 0 saturated carbocycles. The van der Waals surface area contributed by atoms with Gasteiger partial charge in [-0.15, -0.1) is 0 Å². The van der Waals surface area contributed by atoms with Gasteiger partial charge in [-0.1, -0.05) is 30.3 Å². The zero-order chi connectivity index (χ0) is 15.2. The molecule has 2 N–H and O–H groups in total. The number of nitrogens with zero attached hydrogens (tertiary/aromatic N) is 1. The molecule has 0 bridgehead atoms. The normalized spacial score (nSPS) is 24.1. The highest BCUT2D eigenvalue weighted by Gasteiger charge is 2.26. The Balaban J connectivity index is 1.64. The number of ether oxygens (including phenoxy) is 1. The van der Waals surface area contributed by atoms with E-state index in [0.29, 0.717) is 6.54 Å². The Kier molecular flexibility index (Phi) is 5.43. The summed E-state index contributed by atoms with van der Waals surface area (Å²) >= 11 is 0. The van der Waals surface area contributed by atoms with E-state index < -0.39 is 0 Å². The molecule has 1 amide bonds. The van der Waals surface area contributed by atoms with Crippen molar-refractivity contribution in [2.45, 2.75) is 12.5 Å². The van der Waals surface area contributed by atoms with Gasteiger partial charge in [-0.05, 0) is 18.5 Å². The maximum absolute atomic E-state index is 12.3. The van der Waals surface area contributed by atoms with E-state index in [1.807, 2.05) is 6.07 Å². The molecule has 0 aromatic heterocycles. The number of carbonyl (C=O) groups is 1. The lowest BCUT2D eigenvalue weighted by molar-refractivity contribution is -0.124. The number of nitrogens with one attached hydrogen (secondary N) is 2. The third-order valence-corrected chi connectivity index (χ3v) is 4.57. The van der Waals surface area contributed by atoms with Crippen LogP contribution in [0.4, 0.5) is 0 Å². The summed E-state index contributed by atoms with van der Waals surface area (Å²) in [5.74, 6) is 0.306. The van der Waals surface area contributed by atoms with Crippen LogP contribution in [-0.2, 0) is 9.53 Å². The minimum Gasteiger partial charge on any atom is -0.379 e. The first-order valence-electron chi connectivity index (χ1n) is 8.20. The first-order valence-corrected chi connectivity index (χ1v) is 8.20. The molecule has 22 heavy (non-hydrogen) atoms. The van der Waals surface area contributed by atoms with Crippen LogP contribution in [0.1, 0.15) is 18.0 Å². The minimum absolute atomic E-state index is 0.126. The van der Waals surface area contributed by atoms with Crippen LogP contribution in [0.5, 0.6) is 0 Å². The van der Waals surface area contributed by atoms with E-state index in [-0.39, 0.29) is 17.9 Å². The quantitative estimate of drug-likeness (QED) is 0.844. The Hall–Kier alpha value is -1.43. The van der Waals surface area contributed by atoms with E-state index in [2.05, 4.69) is 39.8 Å². The molecule has 5 heteroatoms. The van der Waals surface area contributed by atoms with Crippen molar-refractivity contribution < 1.29 is 9.53 Å². The fraction of sp³-hybridized carbons (Fsp3) is 0.588. The number of hydrogen-bond acceptors (Lipinski definition) is 4. The van der Waals surface area contributed by atoms with Crippen molar-refractivity contribution in [1.82, 2.24) is 15.5 Å². The molecule has 2 fully saturated rings. The Morgan fingerprint density at radius 3 is 2.77 bits per heavy atom. The van der Waals surface area contributed by atoms with Crippen LogP contribution in [-0.4, -0.2) is 56.7 Å². The fourth-order valence-corrected chi connectivity index (χ4v) is 3.24. The van der Waals surface area contributed by atoms with Gasteiger partial charge in [0.15, 0.2) is 0 Å². The summed E-state index contributed by atoms with van der Waals surface area (Å²) < 4.78 is 5.46. The Morgan fingerprint density at radius 1 is 1.32 bits per heavy atom. The lowest BCUT2D eigenvalue weighted by Crippen LogP contribution is -2.44. The zero-order valence-electron chi connectivity index (χ0n) is 13.0. The van der Waals surface area contributed by atoms with E-state index in [9.17, 15) is 4.79 Å². The van der Waals surface area contributed by atoms with E-state index >= 15 is 0 Å².